The summed E-state index contributed by atoms with van der Waals surface area (Å²) in [4.78, 5) is 36.8. The van der Waals surface area contributed by atoms with Crippen molar-refractivity contribution >= 4 is 17.8 Å². The molecule has 2 aliphatic heterocycles. The Kier molecular flexibility index (Phi) is 9.07. The maximum absolute atomic E-state index is 11.4. The van der Waals surface area contributed by atoms with Crippen LogP contribution in [0.4, 0.5) is 5.82 Å². The second kappa shape index (κ2) is 11.7. The van der Waals surface area contributed by atoms with Crippen molar-refractivity contribution in [3.8, 4) is 0 Å². The van der Waals surface area contributed by atoms with Crippen LogP contribution in [0.1, 0.15) is 5.82 Å². The van der Waals surface area contributed by atoms with E-state index in [1.807, 2.05) is 0 Å². The molecule has 0 aromatic carbocycles. The number of aromatic nitrogens is 2. The number of aliphatic hydroxyl groups excluding tert-OH is 6. The largest absolute Gasteiger partial charge is 0.479 e. The first-order valence-corrected chi connectivity index (χ1v) is 10.6. The highest BCUT2D eigenvalue weighted by Gasteiger charge is 2.48. The third-order valence-corrected chi connectivity index (χ3v) is 5.70. The molecule has 8 N–H and O–H groups in total. The predicted octanol–water partition coefficient (Wildman–Crippen LogP) is -4.89. The van der Waals surface area contributed by atoms with Crippen LogP contribution in [0.5, 0.6) is 0 Å². The first-order valence-electron chi connectivity index (χ1n) is 10.6. The summed E-state index contributed by atoms with van der Waals surface area (Å²) in [5.74, 6) is -3.99. The van der Waals surface area contributed by atoms with Gasteiger partial charge in [0.2, 0.25) is 5.82 Å². The molecular formula is C18H25N3O16. The number of carboxylic acid groups (broad SMARTS) is 2. The molecule has 1 aromatic rings. The number of rotatable bonds is 10. The fourth-order valence-corrected chi connectivity index (χ4v) is 3.70. The van der Waals surface area contributed by atoms with Crippen LogP contribution in [0.3, 0.4) is 0 Å². The SMILES string of the molecule is O=C(O)[C@H]1O[C@@H](OCCn2c([N+](=O)[O-])cnc2CO[C@@H]2O[C@H](C(=O)O)[C@@H](O)[C@H](O)[C@H]2O)[C@H](O)[C@@H](O)[C@@H]1O. The Morgan fingerprint density at radius 1 is 0.892 bits per heavy atom. The lowest BCUT2D eigenvalue weighted by atomic mass is 9.99. The molecule has 0 amide bonds. The van der Waals surface area contributed by atoms with Gasteiger partial charge in [0.1, 0.15) is 56.0 Å². The standard InChI is InChI=1S/C18H25N3O16/c22-7-9(24)13(15(28)29)36-17(11(7)26)34-2-1-20-5(19-3-6(20)21(32)33)4-35-18-12(27)8(23)10(25)14(37-18)16(30)31/h3,7-14,17-18,22-27H,1-2,4H2,(H,28,29)(H,30,31)/t7-,8-,9-,10-,11+,12+,13-,14-,17+,18+/m0/s1. The lowest BCUT2D eigenvalue weighted by Crippen LogP contribution is -2.60. The van der Waals surface area contributed by atoms with Crippen LogP contribution in [0.15, 0.2) is 6.20 Å². The number of hydrogen-bond donors (Lipinski definition) is 8. The molecular weight excluding hydrogens is 514 g/mol. The number of nitrogens with zero attached hydrogens (tertiary/aromatic N) is 3. The number of aliphatic hydroxyl groups is 6. The highest BCUT2D eigenvalue weighted by Crippen LogP contribution is 2.25. The summed E-state index contributed by atoms with van der Waals surface area (Å²) in [6.07, 6.45) is -17.9. The van der Waals surface area contributed by atoms with Crippen LogP contribution >= 0.6 is 0 Å². The molecule has 208 valence electrons. The van der Waals surface area contributed by atoms with Crippen LogP contribution in [0, 0.1) is 10.1 Å². The van der Waals surface area contributed by atoms with Crippen LogP contribution < -0.4 is 0 Å². The molecule has 37 heavy (non-hydrogen) atoms. The minimum Gasteiger partial charge on any atom is -0.479 e. The summed E-state index contributed by atoms with van der Waals surface area (Å²) in [7, 11) is 0. The first kappa shape index (κ1) is 28.7. The van der Waals surface area contributed by atoms with Crippen molar-refractivity contribution in [2.75, 3.05) is 6.61 Å². The van der Waals surface area contributed by atoms with Crippen LogP contribution in [0.2, 0.25) is 0 Å². The Morgan fingerprint density at radius 2 is 1.38 bits per heavy atom. The minimum atomic E-state index is -1.95. The number of carboxylic acids is 2. The summed E-state index contributed by atoms with van der Waals surface area (Å²) >= 11 is 0. The summed E-state index contributed by atoms with van der Waals surface area (Å²) in [5, 5.41) is 88.7. The van der Waals surface area contributed by atoms with E-state index in [1.165, 1.54) is 0 Å². The number of imidazole rings is 1. The number of aliphatic carboxylic acids is 2. The van der Waals surface area contributed by atoms with Gasteiger partial charge in [-0.05, 0) is 4.92 Å². The number of carbonyl (C=O) groups is 2. The highest BCUT2D eigenvalue weighted by molar-refractivity contribution is 5.73. The Balaban J connectivity index is 1.67. The maximum Gasteiger partial charge on any atom is 0.343 e. The number of hydrogen-bond acceptors (Lipinski definition) is 15. The molecule has 2 aliphatic rings. The smallest absolute Gasteiger partial charge is 0.343 e. The van der Waals surface area contributed by atoms with Gasteiger partial charge in [0, 0.05) is 0 Å². The number of ether oxygens (including phenoxy) is 4. The Bertz CT molecular complexity index is 988. The van der Waals surface area contributed by atoms with E-state index in [9.17, 15) is 50.3 Å². The van der Waals surface area contributed by atoms with Crippen molar-refractivity contribution in [1.82, 2.24) is 9.55 Å². The van der Waals surface area contributed by atoms with Crippen LogP contribution in [0.25, 0.3) is 0 Å². The van der Waals surface area contributed by atoms with Crippen molar-refractivity contribution in [2.45, 2.75) is 74.6 Å². The van der Waals surface area contributed by atoms with E-state index < -0.39 is 97.3 Å². The van der Waals surface area contributed by atoms with Crippen molar-refractivity contribution in [1.29, 1.82) is 0 Å². The van der Waals surface area contributed by atoms with Gasteiger partial charge in [-0.3, -0.25) is 0 Å². The second-order valence-corrected chi connectivity index (χ2v) is 8.09. The zero-order valence-corrected chi connectivity index (χ0v) is 18.7. The molecule has 1 aromatic heterocycles. The monoisotopic (exact) mass is 539 g/mol. The van der Waals surface area contributed by atoms with E-state index in [0.717, 1.165) is 10.8 Å². The predicted molar refractivity (Wildman–Crippen MR) is 108 cm³/mol. The summed E-state index contributed by atoms with van der Waals surface area (Å²) in [5.41, 5.74) is 0. The van der Waals surface area contributed by atoms with Gasteiger partial charge in [0.25, 0.3) is 0 Å². The van der Waals surface area contributed by atoms with E-state index >= 15 is 0 Å². The summed E-state index contributed by atoms with van der Waals surface area (Å²) in [6, 6.07) is 0. The normalized spacial score (nSPS) is 36.3. The molecule has 0 saturated carbocycles. The molecule has 0 radical (unpaired) electrons. The van der Waals surface area contributed by atoms with Gasteiger partial charge < -0.3 is 69.9 Å². The first-order chi connectivity index (χ1) is 17.3. The van der Waals surface area contributed by atoms with Crippen LogP contribution in [-0.4, -0.2) is 135 Å². The van der Waals surface area contributed by atoms with Gasteiger partial charge in [-0.1, -0.05) is 0 Å². The molecule has 3 heterocycles. The highest BCUT2D eigenvalue weighted by atomic mass is 16.7. The van der Waals surface area contributed by atoms with E-state index in [-0.39, 0.29) is 12.4 Å². The quantitative estimate of drug-likeness (QED) is 0.102. The molecule has 0 bridgehead atoms. The van der Waals surface area contributed by atoms with Gasteiger partial charge in [-0.2, -0.15) is 0 Å². The third kappa shape index (κ3) is 6.01. The van der Waals surface area contributed by atoms with Crippen molar-refractivity contribution in [2.24, 2.45) is 0 Å². The molecule has 0 aliphatic carbocycles. The third-order valence-electron chi connectivity index (χ3n) is 5.70. The fraction of sp³-hybridized carbons (Fsp3) is 0.722. The molecule has 19 nitrogen and oxygen atoms in total. The molecule has 2 fully saturated rings. The summed E-state index contributed by atoms with van der Waals surface area (Å²) < 4.78 is 21.4. The van der Waals surface area contributed by atoms with Gasteiger partial charge in [-0.15, -0.1) is 0 Å². The second-order valence-electron chi connectivity index (χ2n) is 8.09. The zero-order valence-electron chi connectivity index (χ0n) is 18.7. The molecule has 0 unspecified atom stereocenters. The average Bonchev–Trinajstić information content (AvgIpc) is 3.24. The Morgan fingerprint density at radius 3 is 1.84 bits per heavy atom. The summed E-state index contributed by atoms with van der Waals surface area (Å²) in [6.45, 7) is -1.43. The van der Waals surface area contributed by atoms with Gasteiger partial charge >= 0.3 is 17.8 Å². The zero-order chi connectivity index (χ0) is 27.6. The Hall–Kier alpha value is -2.85. The molecule has 3 rings (SSSR count). The van der Waals surface area contributed by atoms with Gasteiger partial charge in [0.15, 0.2) is 24.8 Å². The minimum absolute atomic E-state index is 0.150. The van der Waals surface area contributed by atoms with Crippen LogP contribution in [-0.2, 0) is 41.7 Å². The lowest BCUT2D eigenvalue weighted by molar-refractivity contribution is -0.392. The fourth-order valence-electron chi connectivity index (χ4n) is 3.70. The molecule has 10 atom stereocenters. The topological polar surface area (TPSA) is 294 Å². The maximum atomic E-state index is 11.4. The molecule has 19 heteroatoms. The van der Waals surface area contributed by atoms with E-state index in [2.05, 4.69) is 4.98 Å². The van der Waals surface area contributed by atoms with E-state index in [4.69, 9.17) is 29.2 Å². The van der Waals surface area contributed by atoms with E-state index in [0.29, 0.717) is 0 Å². The number of nitro groups is 1. The molecule has 0 spiro atoms. The lowest BCUT2D eigenvalue weighted by Gasteiger charge is -2.38. The van der Waals surface area contributed by atoms with Crippen molar-refractivity contribution < 1.29 is 74.3 Å². The van der Waals surface area contributed by atoms with Gasteiger partial charge in [-0.25, -0.2) is 19.1 Å². The molecule has 2 saturated heterocycles. The van der Waals surface area contributed by atoms with Crippen molar-refractivity contribution in [3.05, 3.63) is 22.1 Å². The average molecular weight is 539 g/mol. The Labute approximate surface area is 205 Å². The van der Waals surface area contributed by atoms with Gasteiger partial charge in [0.05, 0.1) is 6.61 Å². The van der Waals surface area contributed by atoms with Crippen molar-refractivity contribution in [3.63, 3.8) is 0 Å². The van der Waals surface area contributed by atoms with E-state index in [1.54, 1.807) is 0 Å².